The van der Waals surface area contributed by atoms with Gasteiger partial charge >= 0.3 is 0 Å². The molecule has 0 saturated carbocycles. The van der Waals surface area contributed by atoms with E-state index >= 15 is 0 Å². The van der Waals surface area contributed by atoms with Crippen LogP contribution in [0.1, 0.15) is 12.8 Å². The summed E-state index contributed by atoms with van der Waals surface area (Å²) in [4.78, 5) is 18.2. The van der Waals surface area contributed by atoms with E-state index in [1.165, 1.54) is 0 Å². The van der Waals surface area contributed by atoms with Gasteiger partial charge in [0.05, 0.1) is 12.4 Å². The van der Waals surface area contributed by atoms with E-state index in [1.807, 2.05) is 0 Å². The molecule has 2 heterocycles. The van der Waals surface area contributed by atoms with Gasteiger partial charge in [-0.2, -0.15) is 0 Å². The van der Waals surface area contributed by atoms with Gasteiger partial charge in [0.15, 0.2) is 0 Å². The number of hydrogen-bond donors (Lipinski definition) is 3. The summed E-state index contributed by atoms with van der Waals surface area (Å²) in [6.07, 6.45) is 3.07. The summed E-state index contributed by atoms with van der Waals surface area (Å²) in [5.74, 6) is -0.0554. The molecule has 1 saturated heterocycles. The molecule has 1 atom stereocenters. The lowest BCUT2D eigenvalue weighted by Crippen LogP contribution is -2.47. The Bertz CT molecular complexity index is 532. The first-order chi connectivity index (χ1) is 8.47. The second-order valence-electron chi connectivity index (χ2n) is 3.94. The molecule has 1 amide bonds. The summed E-state index contributed by atoms with van der Waals surface area (Å²) in [5, 5.41) is 2.60. The van der Waals surface area contributed by atoms with E-state index < -0.39 is 10.0 Å². The molecule has 0 spiro atoms. The van der Waals surface area contributed by atoms with Crippen molar-refractivity contribution in [2.75, 3.05) is 12.3 Å². The van der Waals surface area contributed by atoms with Crippen LogP contribution in [-0.2, 0) is 14.8 Å². The Hall–Kier alpha value is -1.74. The molecular weight excluding hydrogens is 258 g/mol. The number of amides is 1. The van der Waals surface area contributed by atoms with Gasteiger partial charge in [-0.3, -0.25) is 4.79 Å². The molecule has 1 unspecified atom stereocenters. The number of piperidine rings is 1. The zero-order chi connectivity index (χ0) is 13.2. The Kier molecular flexibility index (Phi) is 3.43. The lowest BCUT2D eigenvalue weighted by atomic mass is 10.1. The Labute approximate surface area is 104 Å². The number of aromatic nitrogens is 2. The van der Waals surface area contributed by atoms with Gasteiger partial charge in [-0.1, -0.05) is 0 Å². The zero-order valence-electron chi connectivity index (χ0n) is 9.46. The molecule has 4 N–H and O–H groups in total. The van der Waals surface area contributed by atoms with E-state index in [9.17, 15) is 13.2 Å². The number of carbonyl (C=O) groups excluding carboxylic acids is 1. The molecule has 8 nitrogen and oxygen atoms in total. The van der Waals surface area contributed by atoms with Crippen molar-refractivity contribution in [2.45, 2.75) is 23.8 Å². The van der Waals surface area contributed by atoms with Crippen molar-refractivity contribution in [3.63, 3.8) is 0 Å². The minimum atomic E-state index is -3.68. The van der Waals surface area contributed by atoms with Crippen molar-refractivity contribution in [1.82, 2.24) is 20.0 Å². The smallest absolute Gasteiger partial charge is 0.243 e. The average Bonchev–Trinajstić information content (AvgIpc) is 2.32. The molecule has 0 aromatic carbocycles. The van der Waals surface area contributed by atoms with Gasteiger partial charge in [-0.05, 0) is 6.42 Å². The van der Waals surface area contributed by atoms with Crippen LogP contribution in [0.25, 0.3) is 0 Å². The Morgan fingerprint density at radius 1 is 1.39 bits per heavy atom. The summed E-state index contributed by atoms with van der Waals surface area (Å²) in [6, 6.07) is -0.315. The molecular formula is C9H13N5O3S. The summed E-state index contributed by atoms with van der Waals surface area (Å²) in [6.45, 7) is 0.286. The quantitative estimate of drug-likeness (QED) is 0.621. The van der Waals surface area contributed by atoms with E-state index in [-0.39, 0.29) is 29.3 Å². The average molecular weight is 271 g/mol. The molecule has 1 aromatic rings. The highest BCUT2D eigenvalue weighted by molar-refractivity contribution is 7.89. The van der Waals surface area contributed by atoms with Gasteiger partial charge < -0.3 is 11.1 Å². The third-order valence-corrected chi connectivity index (χ3v) is 4.02. The van der Waals surface area contributed by atoms with Crippen molar-refractivity contribution in [1.29, 1.82) is 0 Å². The van der Waals surface area contributed by atoms with Crippen LogP contribution < -0.4 is 15.8 Å². The maximum atomic E-state index is 11.9. The lowest BCUT2D eigenvalue weighted by molar-refractivity contribution is -0.122. The third kappa shape index (κ3) is 2.93. The normalized spacial score (nSPS) is 20.4. The molecule has 18 heavy (non-hydrogen) atoms. The Morgan fingerprint density at radius 2 is 2.06 bits per heavy atom. The van der Waals surface area contributed by atoms with E-state index in [0.717, 1.165) is 12.4 Å². The highest BCUT2D eigenvalue weighted by Crippen LogP contribution is 2.10. The summed E-state index contributed by atoms with van der Waals surface area (Å²) >= 11 is 0. The monoisotopic (exact) mass is 271 g/mol. The predicted molar refractivity (Wildman–Crippen MR) is 62.8 cm³/mol. The number of hydrogen-bond acceptors (Lipinski definition) is 6. The Balaban J connectivity index is 2.07. The fourth-order valence-corrected chi connectivity index (χ4v) is 2.74. The maximum Gasteiger partial charge on any atom is 0.243 e. The number of nitrogens with zero attached hydrogens (tertiary/aromatic N) is 2. The second kappa shape index (κ2) is 4.86. The van der Waals surface area contributed by atoms with Crippen LogP contribution in [0, 0.1) is 0 Å². The third-order valence-electron chi connectivity index (χ3n) is 2.55. The number of nitrogen functional groups attached to an aromatic ring is 1. The van der Waals surface area contributed by atoms with Crippen LogP contribution in [0.3, 0.4) is 0 Å². The molecule has 0 bridgehead atoms. The first-order valence-corrected chi connectivity index (χ1v) is 6.82. The molecule has 98 valence electrons. The van der Waals surface area contributed by atoms with Crippen LogP contribution in [0.5, 0.6) is 0 Å². The van der Waals surface area contributed by atoms with Gasteiger partial charge in [0, 0.05) is 19.0 Å². The van der Waals surface area contributed by atoms with Crippen LogP contribution >= 0.6 is 0 Å². The zero-order valence-corrected chi connectivity index (χ0v) is 10.3. The van der Waals surface area contributed by atoms with E-state index in [1.54, 1.807) is 0 Å². The van der Waals surface area contributed by atoms with Gasteiger partial charge in [0.25, 0.3) is 0 Å². The summed E-state index contributed by atoms with van der Waals surface area (Å²) in [5.41, 5.74) is 5.28. The second-order valence-corrected chi connectivity index (χ2v) is 5.65. The van der Waals surface area contributed by atoms with Gasteiger partial charge in [-0.15, -0.1) is 0 Å². The highest BCUT2D eigenvalue weighted by atomic mass is 32.2. The van der Waals surface area contributed by atoms with Crippen molar-refractivity contribution in [2.24, 2.45) is 0 Å². The number of anilines is 1. The lowest BCUT2D eigenvalue weighted by Gasteiger charge is -2.23. The summed E-state index contributed by atoms with van der Waals surface area (Å²) < 4.78 is 26.4. The van der Waals surface area contributed by atoms with Gasteiger partial charge in [0.2, 0.25) is 21.9 Å². The van der Waals surface area contributed by atoms with Crippen LogP contribution in [0.2, 0.25) is 0 Å². The molecule has 2 rings (SSSR count). The summed E-state index contributed by atoms with van der Waals surface area (Å²) in [7, 11) is -3.68. The first-order valence-electron chi connectivity index (χ1n) is 5.34. The van der Waals surface area contributed by atoms with E-state index in [4.69, 9.17) is 5.73 Å². The standard InChI is InChI=1S/C9H13N5O3S/c10-9-12-4-7(5-13-9)18(16,17)14-6-1-2-8(15)11-3-6/h4-6,14H,1-3H2,(H,11,15)(H2,10,12,13). The number of nitrogens with one attached hydrogen (secondary N) is 2. The van der Waals surface area contributed by atoms with Gasteiger partial charge in [0.1, 0.15) is 4.90 Å². The fourth-order valence-electron chi connectivity index (χ4n) is 1.59. The molecule has 0 aliphatic carbocycles. The number of carbonyl (C=O) groups is 1. The topological polar surface area (TPSA) is 127 Å². The van der Waals surface area contributed by atoms with Crippen molar-refractivity contribution >= 4 is 21.9 Å². The van der Waals surface area contributed by atoms with Crippen molar-refractivity contribution in [3.05, 3.63) is 12.4 Å². The molecule has 1 fully saturated rings. The molecule has 1 aromatic heterocycles. The van der Waals surface area contributed by atoms with Crippen molar-refractivity contribution < 1.29 is 13.2 Å². The van der Waals surface area contributed by atoms with Gasteiger partial charge in [-0.25, -0.2) is 23.1 Å². The molecule has 9 heteroatoms. The van der Waals surface area contributed by atoms with E-state index in [2.05, 4.69) is 20.0 Å². The fraction of sp³-hybridized carbons (Fsp3) is 0.444. The molecule has 1 aliphatic heterocycles. The van der Waals surface area contributed by atoms with Crippen LogP contribution in [-0.4, -0.2) is 36.9 Å². The maximum absolute atomic E-state index is 11.9. The predicted octanol–water partition coefficient (Wildman–Crippen LogP) is -1.38. The Morgan fingerprint density at radius 3 is 2.61 bits per heavy atom. The van der Waals surface area contributed by atoms with Crippen molar-refractivity contribution in [3.8, 4) is 0 Å². The van der Waals surface area contributed by atoms with Crippen LogP contribution in [0.4, 0.5) is 5.95 Å². The number of rotatable bonds is 3. The number of nitrogens with two attached hydrogens (primary N) is 1. The molecule has 1 aliphatic rings. The molecule has 0 radical (unpaired) electrons. The first kappa shape index (κ1) is 12.7. The minimum absolute atomic E-state index is 0.0129. The number of sulfonamides is 1. The minimum Gasteiger partial charge on any atom is -0.368 e. The van der Waals surface area contributed by atoms with Crippen LogP contribution in [0.15, 0.2) is 17.3 Å². The van der Waals surface area contributed by atoms with E-state index in [0.29, 0.717) is 12.8 Å². The largest absolute Gasteiger partial charge is 0.368 e. The highest BCUT2D eigenvalue weighted by Gasteiger charge is 2.24. The SMILES string of the molecule is Nc1ncc(S(=O)(=O)NC2CCC(=O)NC2)cn1.